The second kappa shape index (κ2) is 68.5. The highest BCUT2D eigenvalue weighted by Crippen LogP contribution is 2.20. The Bertz CT molecular complexity index is 928. The lowest BCUT2D eigenvalue weighted by Crippen LogP contribution is -1.99. The molecule has 432 valence electrons. The number of carbonyl (C=O) groups is 1. The maximum Gasteiger partial charge on any atom is 0.305 e. The lowest BCUT2D eigenvalue weighted by Gasteiger charge is -2.05. The van der Waals surface area contributed by atoms with Gasteiger partial charge in [-0.05, 0) is 6.42 Å². The maximum atomic E-state index is 11.1. The highest BCUT2D eigenvalue weighted by Gasteiger charge is 2.02. The van der Waals surface area contributed by atoms with E-state index in [9.17, 15) is 4.79 Å². The van der Waals surface area contributed by atoms with Crippen molar-refractivity contribution >= 4 is 5.97 Å². The summed E-state index contributed by atoms with van der Waals surface area (Å²) in [6, 6.07) is 0. The van der Waals surface area contributed by atoms with Crippen LogP contribution < -0.4 is 0 Å². The van der Waals surface area contributed by atoms with Crippen molar-refractivity contribution in [2.45, 2.75) is 437 Å². The summed E-state index contributed by atoms with van der Waals surface area (Å²) < 4.78 is 4.71. The highest BCUT2D eigenvalue weighted by molar-refractivity contribution is 5.68. The van der Waals surface area contributed by atoms with E-state index in [2.05, 4.69) is 6.92 Å². The molecule has 0 unspecified atom stereocenters. The highest BCUT2D eigenvalue weighted by atomic mass is 16.5. The van der Waals surface area contributed by atoms with Crippen LogP contribution >= 0.6 is 0 Å². The van der Waals surface area contributed by atoms with Crippen molar-refractivity contribution in [3.05, 3.63) is 0 Å². The van der Waals surface area contributed by atoms with E-state index >= 15 is 0 Å². The summed E-state index contributed by atoms with van der Waals surface area (Å²) in [7, 11) is 1.48. The van der Waals surface area contributed by atoms with Crippen LogP contribution in [0.5, 0.6) is 0 Å². The van der Waals surface area contributed by atoms with E-state index in [4.69, 9.17) is 4.74 Å². The lowest BCUT2D eigenvalue weighted by atomic mass is 10.0. The number of esters is 1. The van der Waals surface area contributed by atoms with Gasteiger partial charge < -0.3 is 4.74 Å². The molecule has 0 N–H and O–H groups in total. The fourth-order valence-corrected chi connectivity index (χ4v) is 11.8. The fourth-order valence-electron chi connectivity index (χ4n) is 11.8. The average molecular weight is 1010 g/mol. The van der Waals surface area contributed by atoms with Gasteiger partial charge in [-0.25, -0.2) is 0 Å². The van der Waals surface area contributed by atoms with E-state index in [1.807, 2.05) is 0 Å². The molecule has 2 nitrogen and oxygen atoms in total. The molecule has 0 rings (SSSR count). The Morgan fingerprint density at radius 1 is 0.181 bits per heavy atom. The van der Waals surface area contributed by atoms with E-state index in [0.29, 0.717) is 6.42 Å². The molecule has 0 aromatic heterocycles. The monoisotopic (exact) mass is 1010 g/mol. The van der Waals surface area contributed by atoms with Gasteiger partial charge in [0.25, 0.3) is 0 Å². The first-order valence-corrected chi connectivity index (χ1v) is 34.9. The Morgan fingerprint density at radius 3 is 0.375 bits per heavy atom. The van der Waals surface area contributed by atoms with Gasteiger partial charge >= 0.3 is 5.97 Å². The molecule has 2 heteroatoms. The zero-order valence-electron chi connectivity index (χ0n) is 50.7. The molecule has 0 aliphatic rings. The minimum Gasteiger partial charge on any atom is -0.469 e. The maximum absolute atomic E-state index is 11.1. The summed E-state index contributed by atoms with van der Waals surface area (Å²) in [5.74, 6) is -0.0571. The predicted octanol–water partition coefficient (Wildman–Crippen LogP) is 26.3. The molecule has 0 spiro atoms. The van der Waals surface area contributed by atoms with E-state index in [0.717, 1.165) is 6.42 Å². The molecule has 0 aliphatic heterocycles. The van der Waals surface area contributed by atoms with E-state index in [1.165, 1.54) is 424 Å². The zero-order valence-corrected chi connectivity index (χ0v) is 50.7. The van der Waals surface area contributed by atoms with Crippen molar-refractivity contribution in [1.82, 2.24) is 0 Å². The van der Waals surface area contributed by atoms with Crippen LogP contribution in [0.2, 0.25) is 0 Å². The molecule has 72 heavy (non-hydrogen) atoms. The normalized spacial score (nSPS) is 11.6. The second-order valence-corrected chi connectivity index (χ2v) is 24.3. The summed E-state index contributed by atoms with van der Waals surface area (Å²) in [5, 5.41) is 0. The number of methoxy groups -OCH3 is 1. The summed E-state index contributed by atoms with van der Waals surface area (Å²) in [6.07, 6.45) is 97.1. The van der Waals surface area contributed by atoms with Gasteiger partial charge in [0.05, 0.1) is 7.11 Å². The Labute approximate surface area is 457 Å². The van der Waals surface area contributed by atoms with Crippen molar-refractivity contribution in [3.8, 4) is 0 Å². The third-order valence-electron chi connectivity index (χ3n) is 17.0. The van der Waals surface area contributed by atoms with Crippen molar-refractivity contribution in [2.75, 3.05) is 7.11 Å². The van der Waals surface area contributed by atoms with Gasteiger partial charge in [-0.1, -0.05) is 424 Å². The molecule has 0 amide bonds. The molecule has 0 aromatic carbocycles. The van der Waals surface area contributed by atoms with Crippen molar-refractivity contribution in [1.29, 1.82) is 0 Å². The number of ether oxygens (including phenoxy) is 1. The molecular formula is C70H140O2. The largest absolute Gasteiger partial charge is 0.469 e. The lowest BCUT2D eigenvalue weighted by molar-refractivity contribution is -0.140. The topological polar surface area (TPSA) is 26.3 Å². The van der Waals surface area contributed by atoms with Gasteiger partial charge in [-0.15, -0.1) is 0 Å². The van der Waals surface area contributed by atoms with Gasteiger partial charge in [-0.3, -0.25) is 4.79 Å². The minimum absolute atomic E-state index is 0.0571. The summed E-state index contributed by atoms with van der Waals surface area (Å²) in [5.41, 5.74) is 0. The van der Waals surface area contributed by atoms with Gasteiger partial charge in [0, 0.05) is 6.42 Å². The smallest absolute Gasteiger partial charge is 0.305 e. The molecule has 0 heterocycles. The van der Waals surface area contributed by atoms with Crippen LogP contribution in [0.15, 0.2) is 0 Å². The number of carbonyl (C=O) groups excluding carboxylic acids is 1. The van der Waals surface area contributed by atoms with Gasteiger partial charge in [-0.2, -0.15) is 0 Å². The third-order valence-corrected chi connectivity index (χ3v) is 17.0. The quantitative estimate of drug-likeness (QED) is 0.0448. The fraction of sp³-hybridized carbons (Fsp3) is 0.986. The Morgan fingerprint density at radius 2 is 0.278 bits per heavy atom. The van der Waals surface area contributed by atoms with Crippen molar-refractivity contribution in [2.24, 2.45) is 0 Å². The van der Waals surface area contributed by atoms with Crippen LogP contribution in [-0.2, 0) is 9.53 Å². The minimum atomic E-state index is -0.0571. The van der Waals surface area contributed by atoms with Gasteiger partial charge in [0.1, 0.15) is 0 Å². The molecule has 0 atom stereocenters. The Kier molecular flexibility index (Phi) is 68.0. The van der Waals surface area contributed by atoms with Crippen LogP contribution in [0.1, 0.15) is 437 Å². The first kappa shape index (κ1) is 71.5. The van der Waals surface area contributed by atoms with Crippen LogP contribution in [-0.4, -0.2) is 13.1 Å². The Hall–Kier alpha value is -0.530. The second-order valence-electron chi connectivity index (χ2n) is 24.3. The summed E-state index contributed by atoms with van der Waals surface area (Å²) in [4.78, 5) is 11.1. The molecular weight excluding hydrogens is 873 g/mol. The molecule has 0 saturated heterocycles. The zero-order chi connectivity index (χ0) is 51.7. The summed E-state index contributed by atoms with van der Waals surface area (Å²) in [6.45, 7) is 2.31. The van der Waals surface area contributed by atoms with Gasteiger partial charge in [0.15, 0.2) is 0 Å². The first-order chi connectivity index (χ1) is 35.8. The van der Waals surface area contributed by atoms with E-state index in [-0.39, 0.29) is 5.97 Å². The van der Waals surface area contributed by atoms with E-state index < -0.39 is 0 Å². The first-order valence-electron chi connectivity index (χ1n) is 34.9. The summed E-state index contributed by atoms with van der Waals surface area (Å²) >= 11 is 0. The van der Waals surface area contributed by atoms with Crippen LogP contribution in [0.25, 0.3) is 0 Å². The third kappa shape index (κ3) is 67.5. The predicted molar refractivity (Wildman–Crippen MR) is 327 cm³/mol. The number of hydrogen-bond donors (Lipinski definition) is 0. The molecule has 0 aromatic rings. The average Bonchev–Trinajstić information content (AvgIpc) is 3.39. The number of rotatable bonds is 67. The number of hydrogen-bond acceptors (Lipinski definition) is 2. The van der Waals surface area contributed by atoms with Crippen LogP contribution in [0.3, 0.4) is 0 Å². The molecule has 0 bridgehead atoms. The SMILES string of the molecule is CCCCCCCCCCCCCCCCCCCCCCCCCCCCCCCCCCCCCCCCCCCCCCCCCCCCCCCCCCCCCCCCCCCCC(=O)OC. The molecule has 0 fully saturated rings. The van der Waals surface area contributed by atoms with Crippen LogP contribution in [0.4, 0.5) is 0 Å². The van der Waals surface area contributed by atoms with E-state index in [1.54, 1.807) is 0 Å². The number of unbranched alkanes of at least 4 members (excludes halogenated alkanes) is 65. The van der Waals surface area contributed by atoms with Gasteiger partial charge in [0.2, 0.25) is 0 Å². The molecule has 0 aliphatic carbocycles. The van der Waals surface area contributed by atoms with Crippen LogP contribution in [0, 0.1) is 0 Å². The van der Waals surface area contributed by atoms with Crippen molar-refractivity contribution in [3.63, 3.8) is 0 Å². The standard InChI is InChI=1S/C70H140O2/c1-3-4-5-6-7-8-9-10-11-12-13-14-15-16-17-18-19-20-21-22-23-24-25-26-27-28-29-30-31-32-33-34-35-36-37-38-39-40-41-42-43-44-45-46-47-48-49-50-51-52-53-54-55-56-57-58-59-60-61-62-63-64-65-66-67-68-69-70(71)72-2/h3-69H2,1-2H3. The molecule has 0 radical (unpaired) electrons. The molecule has 0 saturated carbocycles. The van der Waals surface area contributed by atoms with Crippen molar-refractivity contribution < 1.29 is 9.53 Å². The Balaban J connectivity index is 3.08.